The van der Waals surface area contributed by atoms with Crippen molar-refractivity contribution in [1.82, 2.24) is 19.6 Å². The first-order chi connectivity index (χ1) is 16.7. The van der Waals surface area contributed by atoms with Gasteiger partial charge in [0.05, 0.1) is 25.3 Å². The molecule has 168 valence electrons. The van der Waals surface area contributed by atoms with Gasteiger partial charge in [0.15, 0.2) is 11.5 Å². The predicted molar refractivity (Wildman–Crippen MR) is 125 cm³/mol. The third-order valence-electron chi connectivity index (χ3n) is 5.99. The van der Waals surface area contributed by atoms with Gasteiger partial charge < -0.3 is 19.3 Å². The molecule has 0 radical (unpaired) electrons. The number of rotatable bonds is 4. The van der Waals surface area contributed by atoms with Crippen LogP contribution in [-0.2, 0) is 0 Å². The van der Waals surface area contributed by atoms with Gasteiger partial charge in [0.1, 0.15) is 29.3 Å². The van der Waals surface area contributed by atoms with Crippen molar-refractivity contribution < 1.29 is 19.3 Å². The van der Waals surface area contributed by atoms with Crippen LogP contribution in [0.3, 0.4) is 0 Å². The van der Waals surface area contributed by atoms with Gasteiger partial charge in [0.25, 0.3) is 0 Å². The van der Waals surface area contributed by atoms with E-state index in [0.29, 0.717) is 28.9 Å². The molecule has 0 bridgehead atoms. The summed E-state index contributed by atoms with van der Waals surface area (Å²) in [6, 6.07) is 20.6. The van der Waals surface area contributed by atoms with Crippen LogP contribution in [-0.4, -0.2) is 38.9 Å². The highest BCUT2D eigenvalue weighted by atomic mass is 16.5. The van der Waals surface area contributed by atoms with Crippen LogP contribution in [0, 0.1) is 0 Å². The monoisotopic (exact) mass is 452 g/mol. The quantitative estimate of drug-likeness (QED) is 0.411. The van der Waals surface area contributed by atoms with Crippen molar-refractivity contribution in [3.05, 3.63) is 89.7 Å². The number of fused-ring (bicyclic) bond motifs is 4. The molecule has 0 aliphatic carbocycles. The molecule has 3 aromatic carbocycles. The Hall–Kier alpha value is -4.59. The Balaban J connectivity index is 1.59. The van der Waals surface area contributed by atoms with E-state index >= 15 is 0 Å². The minimum atomic E-state index is -0.240. The summed E-state index contributed by atoms with van der Waals surface area (Å²) < 4.78 is 18.6. The molecule has 34 heavy (non-hydrogen) atoms. The fraction of sp³-hybridized carbons (Fsp3) is 0.115. The number of methoxy groups -OCH3 is 2. The minimum Gasteiger partial charge on any atom is -0.508 e. The number of ether oxygens (including phenoxy) is 3. The molecule has 3 heterocycles. The molecule has 0 spiro atoms. The summed E-state index contributed by atoms with van der Waals surface area (Å²) in [6.45, 7) is 0. The van der Waals surface area contributed by atoms with Crippen LogP contribution in [0.2, 0.25) is 0 Å². The molecule has 1 unspecified atom stereocenters. The highest BCUT2D eigenvalue weighted by molar-refractivity contribution is 5.70. The van der Waals surface area contributed by atoms with E-state index in [4.69, 9.17) is 19.2 Å². The van der Waals surface area contributed by atoms with Crippen LogP contribution < -0.4 is 14.2 Å². The molecule has 8 heteroatoms. The van der Waals surface area contributed by atoms with Gasteiger partial charge >= 0.3 is 0 Å². The normalized spacial score (nSPS) is 14.2. The average molecular weight is 452 g/mol. The summed E-state index contributed by atoms with van der Waals surface area (Å²) in [5.74, 6) is 2.83. The number of phenolic OH excluding ortho intramolecular Hbond substituents is 1. The van der Waals surface area contributed by atoms with Crippen molar-refractivity contribution in [1.29, 1.82) is 0 Å². The first-order valence-corrected chi connectivity index (χ1v) is 10.7. The number of hydrogen-bond acceptors (Lipinski definition) is 7. The van der Waals surface area contributed by atoms with E-state index < -0.39 is 0 Å². The molecule has 0 saturated carbocycles. The Bertz CT molecular complexity index is 1530. The number of aromatic hydroxyl groups is 1. The van der Waals surface area contributed by atoms with Gasteiger partial charge in [-0.15, -0.1) is 5.10 Å². The summed E-state index contributed by atoms with van der Waals surface area (Å²) in [7, 11) is 3.26. The molecule has 8 nitrogen and oxygen atoms in total. The average Bonchev–Trinajstić information content (AvgIpc) is 3.32. The van der Waals surface area contributed by atoms with Crippen molar-refractivity contribution in [3.63, 3.8) is 0 Å². The topological polar surface area (TPSA) is 91.0 Å². The van der Waals surface area contributed by atoms with Crippen LogP contribution in [0.25, 0.3) is 17.0 Å². The summed E-state index contributed by atoms with van der Waals surface area (Å²) in [5.41, 5.74) is 4.11. The van der Waals surface area contributed by atoms with E-state index in [1.165, 1.54) is 0 Å². The SMILES string of the molecule is COc1ccc(C2c3ccc(O)cc3Oc3ncn4nc(-c5ccccc5OC)nc4c32)cc1. The number of phenols is 1. The maximum atomic E-state index is 10.1. The highest BCUT2D eigenvalue weighted by Crippen LogP contribution is 2.49. The molecule has 1 N–H and O–H groups in total. The number of aromatic nitrogens is 4. The van der Waals surface area contributed by atoms with Gasteiger partial charge in [-0.3, -0.25) is 0 Å². The molecular formula is C26H20N4O4. The van der Waals surface area contributed by atoms with E-state index in [-0.39, 0.29) is 11.7 Å². The van der Waals surface area contributed by atoms with Crippen LogP contribution in [0.4, 0.5) is 0 Å². The fourth-order valence-electron chi connectivity index (χ4n) is 4.39. The number of benzene rings is 3. The van der Waals surface area contributed by atoms with Crippen molar-refractivity contribution >= 4 is 5.65 Å². The second kappa shape index (κ2) is 7.77. The molecule has 0 amide bonds. The smallest absolute Gasteiger partial charge is 0.228 e. The van der Waals surface area contributed by atoms with E-state index in [9.17, 15) is 5.11 Å². The maximum Gasteiger partial charge on any atom is 0.228 e. The minimum absolute atomic E-state index is 0.123. The van der Waals surface area contributed by atoms with Gasteiger partial charge in [-0.25, -0.2) is 14.5 Å². The summed E-state index contributed by atoms with van der Waals surface area (Å²) >= 11 is 0. The van der Waals surface area contributed by atoms with Crippen molar-refractivity contribution in [3.8, 4) is 40.3 Å². The number of nitrogens with zero attached hydrogens (tertiary/aromatic N) is 4. The zero-order chi connectivity index (χ0) is 23.2. The second-order valence-electron chi connectivity index (χ2n) is 7.90. The molecule has 6 rings (SSSR count). The fourth-order valence-corrected chi connectivity index (χ4v) is 4.39. The van der Waals surface area contributed by atoms with E-state index in [1.54, 1.807) is 37.2 Å². The predicted octanol–water partition coefficient (Wildman–Crippen LogP) is 4.80. The third-order valence-corrected chi connectivity index (χ3v) is 5.99. The van der Waals surface area contributed by atoms with E-state index in [1.807, 2.05) is 54.6 Å². The van der Waals surface area contributed by atoms with Gasteiger partial charge in [-0.2, -0.15) is 0 Å². The van der Waals surface area contributed by atoms with Crippen molar-refractivity contribution in [2.24, 2.45) is 0 Å². The Morgan fingerprint density at radius 3 is 2.59 bits per heavy atom. The number of hydrogen-bond donors (Lipinski definition) is 1. The second-order valence-corrected chi connectivity index (χ2v) is 7.90. The van der Waals surface area contributed by atoms with Gasteiger partial charge in [-0.1, -0.05) is 30.3 Å². The first kappa shape index (κ1) is 20.0. The molecule has 0 fully saturated rings. The zero-order valence-corrected chi connectivity index (χ0v) is 18.5. The lowest BCUT2D eigenvalue weighted by Gasteiger charge is -2.28. The van der Waals surface area contributed by atoms with Gasteiger partial charge in [-0.05, 0) is 35.9 Å². The molecule has 0 saturated heterocycles. The molecule has 1 aliphatic heterocycles. The standard InChI is InChI=1S/C26H20N4O4/c1-32-17-10-7-15(8-11-17)22-18-12-9-16(31)13-21(18)34-26-23(22)25-28-24(29-30(25)14-27-26)19-5-3-4-6-20(19)33-2/h3-14,22,31H,1-2H3. The van der Waals surface area contributed by atoms with Crippen molar-refractivity contribution in [2.45, 2.75) is 5.92 Å². The highest BCUT2D eigenvalue weighted by Gasteiger charge is 2.33. The van der Waals surface area contributed by atoms with Gasteiger partial charge in [0.2, 0.25) is 5.88 Å². The van der Waals surface area contributed by atoms with Crippen LogP contribution in [0.15, 0.2) is 73.1 Å². The Morgan fingerprint density at radius 2 is 1.79 bits per heavy atom. The Kier molecular flexibility index (Phi) is 4.58. The van der Waals surface area contributed by atoms with Crippen LogP contribution in [0.1, 0.15) is 22.6 Å². The van der Waals surface area contributed by atoms with Crippen molar-refractivity contribution in [2.75, 3.05) is 14.2 Å². The summed E-state index contributed by atoms with van der Waals surface area (Å²) in [4.78, 5) is 9.42. The zero-order valence-electron chi connectivity index (χ0n) is 18.5. The molecule has 1 aliphatic rings. The largest absolute Gasteiger partial charge is 0.508 e. The Labute approximate surface area is 195 Å². The third kappa shape index (κ3) is 3.11. The maximum absolute atomic E-state index is 10.1. The van der Waals surface area contributed by atoms with Crippen LogP contribution in [0.5, 0.6) is 28.9 Å². The molecule has 2 aromatic heterocycles. The Morgan fingerprint density at radius 1 is 0.971 bits per heavy atom. The first-order valence-electron chi connectivity index (χ1n) is 10.7. The number of para-hydroxylation sites is 1. The van der Waals surface area contributed by atoms with Crippen LogP contribution >= 0.6 is 0 Å². The van der Waals surface area contributed by atoms with Gasteiger partial charge in [0, 0.05) is 17.5 Å². The van der Waals surface area contributed by atoms with E-state index in [0.717, 1.165) is 28.0 Å². The molecule has 5 aromatic rings. The lowest BCUT2D eigenvalue weighted by atomic mass is 9.84. The lowest BCUT2D eigenvalue weighted by molar-refractivity contribution is 0.414. The molecule has 1 atom stereocenters. The summed E-state index contributed by atoms with van der Waals surface area (Å²) in [6.07, 6.45) is 1.58. The lowest BCUT2D eigenvalue weighted by Crippen LogP contribution is -2.15. The summed E-state index contributed by atoms with van der Waals surface area (Å²) in [5, 5.41) is 14.7. The molecular weight excluding hydrogens is 432 g/mol. The van der Waals surface area contributed by atoms with E-state index in [2.05, 4.69) is 10.1 Å².